The maximum absolute atomic E-state index is 9.49. The zero-order valence-corrected chi connectivity index (χ0v) is 19.2. The zero-order valence-electron chi connectivity index (χ0n) is 18.3. The summed E-state index contributed by atoms with van der Waals surface area (Å²) >= 11 is 0. The molecular formula is C28H32O2S. The minimum Gasteiger partial charge on any atom is -0.550 e. The third kappa shape index (κ3) is 7.00. The summed E-state index contributed by atoms with van der Waals surface area (Å²) in [4.78, 5) is 13.7. The van der Waals surface area contributed by atoms with Crippen LogP contribution in [0.2, 0.25) is 0 Å². The largest absolute Gasteiger partial charge is 0.550 e. The molecule has 4 rings (SSSR count). The summed E-state index contributed by atoms with van der Waals surface area (Å²) < 4.78 is 0. The van der Waals surface area contributed by atoms with E-state index in [0.717, 1.165) is 5.92 Å². The summed E-state index contributed by atoms with van der Waals surface area (Å²) in [6, 6.07) is 31.3. The van der Waals surface area contributed by atoms with E-state index in [1.54, 1.807) is 6.92 Å². The van der Waals surface area contributed by atoms with Crippen LogP contribution in [0.3, 0.4) is 0 Å². The van der Waals surface area contributed by atoms with E-state index in [0.29, 0.717) is 6.42 Å². The van der Waals surface area contributed by atoms with Gasteiger partial charge in [-0.25, -0.2) is 0 Å². The summed E-state index contributed by atoms with van der Waals surface area (Å²) in [5.74, 6) is -0.185. The first-order valence-corrected chi connectivity index (χ1v) is 12.6. The monoisotopic (exact) mass is 432 g/mol. The minimum atomic E-state index is -0.961. The Bertz CT molecular complexity index is 861. The van der Waals surface area contributed by atoms with Gasteiger partial charge in [0, 0.05) is 5.97 Å². The number of benzene rings is 3. The third-order valence-corrected chi connectivity index (χ3v) is 7.84. The van der Waals surface area contributed by atoms with Crippen LogP contribution in [0.5, 0.6) is 0 Å². The summed E-state index contributed by atoms with van der Waals surface area (Å²) in [6.45, 7) is 1.80. The van der Waals surface area contributed by atoms with Crippen molar-refractivity contribution in [2.24, 2.45) is 0 Å². The lowest BCUT2D eigenvalue weighted by molar-refractivity contribution is -0.305. The van der Waals surface area contributed by atoms with Gasteiger partial charge in [-0.15, -0.1) is 0 Å². The molecule has 0 spiro atoms. The quantitative estimate of drug-likeness (QED) is 0.425. The molecule has 3 heteroatoms. The molecule has 0 radical (unpaired) electrons. The van der Waals surface area contributed by atoms with Gasteiger partial charge in [-0.2, -0.15) is 0 Å². The molecule has 0 aliphatic heterocycles. The Morgan fingerprint density at radius 3 is 1.68 bits per heavy atom. The second-order valence-electron chi connectivity index (χ2n) is 7.96. The Morgan fingerprint density at radius 2 is 1.26 bits per heavy atom. The summed E-state index contributed by atoms with van der Waals surface area (Å²) in [7, 11) is -0.0278. The van der Waals surface area contributed by atoms with E-state index in [1.807, 2.05) is 0 Å². The molecule has 1 saturated carbocycles. The number of rotatable bonds is 6. The standard InChI is InChI=1S/C24H25S.C4H8O2/c1-4-10-20(11-5-1)21-16-18-24(19-17-21)25(22-12-6-2-7-13-22)23-14-8-3-9-15-23;1-2-3-4(5)6/h2-3,6-9,12-20H,1,4-5,10-11H2;2-3H2,1H3,(H,5,6)/q+1;/p-1. The van der Waals surface area contributed by atoms with E-state index >= 15 is 0 Å². The van der Waals surface area contributed by atoms with E-state index in [-0.39, 0.29) is 17.3 Å². The average Bonchev–Trinajstić information content (AvgIpc) is 2.82. The lowest BCUT2D eigenvalue weighted by atomic mass is 9.84. The van der Waals surface area contributed by atoms with Crippen molar-refractivity contribution in [3.8, 4) is 0 Å². The van der Waals surface area contributed by atoms with E-state index in [9.17, 15) is 9.90 Å². The normalized spacial score (nSPS) is 14.0. The van der Waals surface area contributed by atoms with Crippen molar-refractivity contribution >= 4 is 16.9 Å². The summed E-state index contributed by atoms with van der Waals surface area (Å²) in [5, 5.41) is 9.49. The molecule has 0 heterocycles. The van der Waals surface area contributed by atoms with Gasteiger partial charge in [-0.05, 0) is 67.1 Å². The second kappa shape index (κ2) is 12.4. The van der Waals surface area contributed by atoms with E-state index < -0.39 is 5.97 Å². The smallest absolute Gasteiger partial charge is 0.166 e. The van der Waals surface area contributed by atoms with E-state index in [2.05, 4.69) is 84.9 Å². The molecule has 3 aromatic carbocycles. The molecular weight excluding hydrogens is 400 g/mol. The molecule has 0 atom stereocenters. The molecule has 1 aliphatic carbocycles. The van der Waals surface area contributed by atoms with Crippen molar-refractivity contribution in [1.82, 2.24) is 0 Å². The summed E-state index contributed by atoms with van der Waals surface area (Å²) in [5.41, 5.74) is 1.54. The molecule has 0 bridgehead atoms. The molecule has 0 amide bonds. The Kier molecular flexibility index (Phi) is 9.23. The number of hydrogen-bond donors (Lipinski definition) is 0. The van der Waals surface area contributed by atoms with Gasteiger partial charge < -0.3 is 9.90 Å². The van der Waals surface area contributed by atoms with Gasteiger partial charge in [0.05, 0.1) is 10.9 Å². The SMILES string of the molecule is CCCC(=O)[O-].c1ccc([S+](c2ccccc2)c2ccc(C3CCCCC3)cc2)cc1. The predicted molar refractivity (Wildman–Crippen MR) is 127 cm³/mol. The topological polar surface area (TPSA) is 40.1 Å². The number of carboxylic acids is 1. The predicted octanol–water partition coefficient (Wildman–Crippen LogP) is 6.37. The number of carboxylic acid groups (broad SMARTS) is 1. The fourth-order valence-electron chi connectivity index (χ4n) is 4.04. The Hall–Kier alpha value is -2.52. The Labute approximate surface area is 189 Å². The lowest BCUT2D eigenvalue weighted by Gasteiger charge is -2.22. The van der Waals surface area contributed by atoms with E-state index in [1.165, 1.54) is 52.4 Å². The van der Waals surface area contributed by atoms with Crippen molar-refractivity contribution in [3.05, 3.63) is 90.5 Å². The van der Waals surface area contributed by atoms with Gasteiger partial charge in [0.2, 0.25) is 0 Å². The van der Waals surface area contributed by atoms with Crippen LogP contribution in [0.1, 0.15) is 63.4 Å². The molecule has 162 valence electrons. The van der Waals surface area contributed by atoms with Crippen LogP contribution in [0.15, 0.2) is 99.6 Å². The Balaban J connectivity index is 0.000000401. The van der Waals surface area contributed by atoms with Crippen LogP contribution in [-0.2, 0) is 15.7 Å². The van der Waals surface area contributed by atoms with Crippen LogP contribution in [0, 0.1) is 0 Å². The maximum atomic E-state index is 9.49. The first-order chi connectivity index (χ1) is 15.2. The molecule has 0 unspecified atom stereocenters. The maximum Gasteiger partial charge on any atom is 0.166 e. The molecule has 0 aromatic heterocycles. The third-order valence-electron chi connectivity index (χ3n) is 5.60. The first kappa shape index (κ1) is 23.1. The average molecular weight is 433 g/mol. The molecule has 3 aromatic rings. The highest BCUT2D eigenvalue weighted by atomic mass is 32.2. The van der Waals surface area contributed by atoms with Crippen molar-refractivity contribution < 1.29 is 9.90 Å². The lowest BCUT2D eigenvalue weighted by Crippen LogP contribution is -2.20. The molecule has 0 N–H and O–H groups in total. The second-order valence-corrected chi connectivity index (χ2v) is 9.98. The van der Waals surface area contributed by atoms with Gasteiger partial charge in [0.25, 0.3) is 0 Å². The van der Waals surface area contributed by atoms with Gasteiger partial charge in [-0.3, -0.25) is 0 Å². The minimum absolute atomic E-state index is 0.0278. The first-order valence-electron chi connectivity index (χ1n) is 11.3. The van der Waals surface area contributed by atoms with Crippen molar-refractivity contribution in [3.63, 3.8) is 0 Å². The van der Waals surface area contributed by atoms with Crippen molar-refractivity contribution in [2.75, 3.05) is 0 Å². The van der Waals surface area contributed by atoms with Crippen LogP contribution in [0.4, 0.5) is 0 Å². The van der Waals surface area contributed by atoms with Crippen LogP contribution < -0.4 is 5.11 Å². The van der Waals surface area contributed by atoms with E-state index in [4.69, 9.17) is 0 Å². The number of hydrogen-bond acceptors (Lipinski definition) is 2. The van der Waals surface area contributed by atoms with Gasteiger partial charge in [0.1, 0.15) is 0 Å². The van der Waals surface area contributed by atoms with Crippen LogP contribution >= 0.6 is 0 Å². The Morgan fingerprint density at radius 1 is 0.774 bits per heavy atom. The molecule has 31 heavy (non-hydrogen) atoms. The highest BCUT2D eigenvalue weighted by Gasteiger charge is 2.28. The zero-order chi connectivity index (χ0) is 21.9. The fourth-order valence-corrected chi connectivity index (χ4v) is 6.12. The van der Waals surface area contributed by atoms with Crippen molar-refractivity contribution in [1.29, 1.82) is 0 Å². The van der Waals surface area contributed by atoms with Gasteiger partial charge >= 0.3 is 0 Å². The number of carbonyl (C=O) groups excluding carboxylic acids is 1. The number of carbonyl (C=O) groups is 1. The van der Waals surface area contributed by atoms with Crippen LogP contribution in [0.25, 0.3) is 0 Å². The van der Waals surface area contributed by atoms with Gasteiger partial charge in [-0.1, -0.05) is 81.1 Å². The van der Waals surface area contributed by atoms with Crippen molar-refractivity contribution in [2.45, 2.75) is 72.5 Å². The molecule has 0 saturated heterocycles. The fraction of sp³-hybridized carbons (Fsp3) is 0.321. The molecule has 1 aliphatic rings. The van der Waals surface area contributed by atoms with Gasteiger partial charge in [0.15, 0.2) is 14.7 Å². The molecule has 2 nitrogen and oxygen atoms in total. The highest BCUT2D eigenvalue weighted by molar-refractivity contribution is 7.97. The number of aliphatic carboxylic acids is 1. The summed E-state index contributed by atoms with van der Waals surface area (Å²) in [6.07, 6.45) is 7.78. The molecule has 1 fully saturated rings. The highest BCUT2D eigenvalue weighted by Crippen LogP contribution is 2.35. The van der Waals surface area contributed by atoms with Crippen LogP contribution in [-0.4, -0.2) is 5.97 Å².